The number of hydrogen-bond donors (Lipinski definition) is 1. The summed E-state index contributed by atoms with van der Waals surface area (Å²) < 4.78 is 0. The molecule has 2 fully saturated rings. The normalized spacial score (nSPS) is 28.2. The minimum Gasteiger partial charge on any atom is -0.387 e. The van der Waals surface area contributed by atoms with Crippen LogP contribution < -0.4 is 10.2 Å². The molecule has 3 nitrogen and oxygen atoms in total. The fourth-order valence-electron chi connectivity index (χ4n) is 3.18. The lowest BCUT2D eigenvalue weighted by Crippen LogP contribution is -2.20. The number of anilines is 2. The van der Waals surface area contributed by atoms with E-state index in [1.165, 1.54) is 38.0 Å². The highest BCUT2D eigenvalue weighted by molar-refractivity contribution is 5.56. The van der Waals surface area contributed by atoms with E-state index in [9.17, 15) is 0 Å². The molecule has 3 heteroatoms. The van der Waals surface area contributed by atoms with Crippen molar-refractivity contribution in [1.29, 1.82) is 0 Å². The van der Waals surface area contributed by atoms with Crippen molar-refractivity contribution in [2.24, 2.45) is 11.8 Å². The highest BCUT2D eigenvalue weighted by Crippen LogP contribution is 2.39. The topological polar surface area (TPSA) is 28.2 Å². The zero-order chi connectivity index (χ0) is 11.0. The molecule has 1 saturated carbocycles. The van der Waals surface area contributed by atoms with E-state index in [1.807, 2.05) is 19.4 Å². The maximum absolute atomic E-state index is 4.29. The van der Waals surface area contributed by atoms with Gasteiger partial charge in [0.05, 0.1) is 23.8 Å². The van der Waals surface area contributed by atoms with Crippen molar-refractivity contribution in [3.05, 3.63) is 18.5 Å². The third-order valence-electron chi connectivity index (χ3n) is 4.10. The number of pyridine rings is 1. The molecule has 2 atom stereocenters. The lowest BCUT2D eigenvalue weighted by atomic mass is 10.0. The standard InChI is InChI=1S/C13H19N3/c1-14-12-5-13(7-15-6-12)16-8-10-3-2-4-11(10)9-16/h5-7,10-11,14H,2-4,8-9H2,1H3. The molecule has 16 heavy (non-hydrogen) atoms. The quantitative estimate of drug-likeness (QED) is 0.824. The van der Waals surface area contributed by atoms with Gasteiger partial charge < -0.3 is 10.2 Å². The molecular formula is C13H19N3. The first-order valence-electron chi connectivity index (χ1n) is 6.24. The second kappa shape index (κ2) is 3.96. The van der Waals surface area contributed by atoms with E-state index in [4.69, 9.17) is 0 Å². The van der Waals surface area contributed by atoms with Crippen LogP contribution >= 0.6 is 0 Å². The lowest BCUT2D eigenvalue weighted by Gasteiger charge is -2.19. The second-order valence-corrected chi connectivity index (χ2v) is 5.04. The molecule has 2 aliphatic rings. The minimum absolute atomic E-state index is 0.943. The van der Waals surface area contributed by atoms with Crippen LogP contribution in [-0.4, -0.2) is 25.1 Å². The summed E-state index contributed by atoms with van der Waals surface area (Å²) in [5.74, 6) is 1.89. The van der Waals surface area contributed by atoms with Crippen LogP contribution in [0.4, 0.5) is 11.4 Å². The van der Waals surface area contributed by atoms with E-state index >= 15 is 0 Å². The fraction of sp³-hybridized carbons (Fsp3) is 0.615. The molecule has 3 rings (SSSR count). The van der Waals surface area contributed by atoms with Gasteiger partial charge in [0, 0.05) is 20.1 Å². The number of fused-ring (bicyclic) bond motifs is 1. The average molecular weight is 217 g/mol. The van der Waals surface area contributed by atoms with E-state index in [0.29, 0.717) is 0 Å². The molecule has 0 bridgehead atoms. The van der Waals surface area contributed by atoms with Gasteiger partial charge in [0.15, 0.2) is 0 Å². The van der Waals surface area contributed by atoms with Crippen LogP contribution in [0.3, 0.4) is 0 Å². The Bertz CT molecular complexity index is 365. The average Bonchev–Trinajstić information content (AvgIpc) is 2.89. The highest BCUT2D eigenvalue weighted by atomic mass is 15.2. The van der Waals surface area contributed by atoms with Gasteiger partial charge in [-0.05, 0) is 30.7 Å². The summed E-state index contributed by atoms with van der Waals surface area (Å²) in [7, 11) is 1.94. The summed E-state index contributed by atoms with van der Waals surface area (Å²) in [6.45, 7) is 2.47. The van der Waals surface area contributed by atoms with Gasteiger partial charge in [-0.2, -0.15) is 0 Å². The van der Waals surface area contributed by atoms with E-state index in [0.717, 1.165) is 17.5 Å². The Morgan fingerprint density at radius 3 is 2.69 bits per heavy atom. The van der Waals surface area contributed by atoms with Crippen molar-refractivity contribution in [2.75, 3.05) is 30.4 Å². The Morgan fingerprint density at radius 2 is 2.00 bits per heavy atom. The SMILES string of the molecule is CNc1cncc(N2CC3CCCC3C2)c1. The van der Waals surface area contributed by atoms with Gasteiger partial charge in [-0.25, -0.2) is 0 Å². The highest BCUT2D eigenvalue weighted by Gasteiger charge is 2.36. The molecule has 1 aromatic heterocycles. The largest absolute Gasteiger partial charge is 0.387 e. The minimum atomic E-state index is 0.943. The van der Waals surface area contributed by atoms with Crippen LogP contribution in [0.5, 0.6) is 0 Å². The maximum Gasteiger partial charge on any atom is 0.0573 e. The van der Waals surface area contributed by atoms with Crippen LogP contribution in [0, 0.1) is 11.8 Å². The Kier molecular flexibility index (Phi) is 2.46. The van der Waals surface area contributed by atoms with Gasteiger partial charge in [0.2, 0.25) is 0 Å². The Labute approximate surface area is 96.9 Å². The van der Waals surface area contributed by atoms with E-state index in [2.05, 4.69) is 21.3 Å². The molecule has 1 saturated heterocycles. The number of nitrogens with zero attached hydrogens (tertiary/aromatic N) is 2. The molecule has 2 heterocycles. The fourth-order valence-corrected chi connectivity index (χ4v) is 3.18. The van der Waals surface area contributed by atoms with Crippen LogP contribution in [0.25, 0.3) is 0 Å². The van der Waals surface area contributed by atoms with Crippen LogP contribution in [-0.2, 0) is 0 Å². The van der Waals surface area contributed by atoms with Gasteiger partial charge in [-0.3, -0.25) is 4.98 Å². The van der Waals surface area contributed by atoms with E-state index in [1.54, 1.807) is 0 Å². The summed E-state index contributed by atoms with van der Waals surface area (Å²) in [4.78, 5) is 6.79. The summed E-state index contributed by atoms with van der Waals surface area (Å²) in [5.41, 5.74) is 2.39. The van der Waals surface area contributed by atoms with Gasteiger partial charge in [0.1, 0.15) is 0 Å². The zero-order valence-corrected chi connectivity index (χ0v) is 9.82. The predicted molar refractivity (Wildman–Crippen MR) is 66.8 cm³/mol. The first kappa shape index (κ1) is 9.94. The summed E-state index contributed by atoms with van der Waals surface area (Å²) >= 11 is 0. The van der Waals surface area contributed by atoms with Crippen molar-refractivity contribution in [2.45, 2.75) is 19.3 Å². The van der Waals surface area contributed by atoms with E-state index < -0.39 is 0 Å². The molecular weight excluding hydrogens is 198 g/mol. The van der Waals surface area contributed by atoms with Crippen molar-refractivity contribution >= 4 is 11.4 Å². The molecule has 1 aliphatic heterocycles. The molecule has 1 N–H and O–H groups in total. The monoisotopic (exact) mass is 217 g/mol. The number of hydrogen-bond acceptors (Lipinski definition) is 3. The lowest BCUT2D eigenvalue weighted by molar-refractivity contribution is 0.494. The maximum atomic E-state index is 4.29. The molecule has 0 amide bonds. The number of aromatic nitrogens is 1. The summed E-state index contributed by atoms with van der Waals surface area (Å²) in [6.07, 6.45) is 8.17. The summed E-state index contributed by atoms with van der Waals surface area (Å²) in [6, 6.07) is 2.20. The Balaban J connectivity index is 1.78. The Morgan fingerprint density at radius 1 is 1.25 bits per heavy atom. The van der Waals surface area contributed by atoms with Gasteiger partial charge >= 0.3 is 0 Å². The molecule has 0 radical (unpaired) electrons. The van der Waals surface area contributed by atoms with E-state index in [-0.39, 0.29) is 0 Å². The number of nitrogens with one attached hydrogen (secondary N) is 1. The third kappa shape index (κ3) is 1.64. The molecule has 0 spiro atoms. The van der Waals surface area contributed by atoms with Crippen molar-refractivity contribution in [3.63, 3.8) is 0 Å². The molecule has 1 aliphatic carbocycles. The predicted octanol–water partition coefficient (Wildman–Crippen LogP) is 2.36. The molecule has 86 valence electrons. The second-order valence-electron chi connectivity index (χ2n) is 5.04. The first-order valence-corrected chi connectivity index (χ1v) is 6.24. The number of rotatable bonds is 2. The van der Waals surface area contributed by atoms with Gasteiger partial charge in [-0.1, -0.05) is 6.42 Å². The van der Waals surface area contributed by atoms with Crippen LogP contribution in [0.15, 0.2) is 18.5 Å². The molecule has 0 aromatic carbocycles. The van der Waals surface area contributed by atoms with Crippen LogP contribution in [0.1, 0.15) is 19.3 Å². The van der Waals surface area contributed by atoms with Gasteiger partial charge in [-0.15, -0.1) is 0 Å². The smallest absolute Gasteiger partial charge is 0.0573 e. The van der Waals surface area contributed by atoms with Crippen molar-refractivity contribution in [1.82, 2.24) is 4.98 Å². The zero-order valence-electron chi connectivity index (χ0n) is 9.82. The van der Waals surface area contributed by atoms with Gasteiger partial charge in [0.25, 0.3) is 0 Å². The third-order valence-corrected chi connectivity index (χ3v) is 4.10. The Hall–Kier alpha value is -1.25. The van der Waals surface area contributed by atoms with Crippen molar-refractivity contribution < 1.29 is 0 Å². The first-order chi connectivity index (χ1) is 7.86. The van der Waals surface area contributed by atoms with Crippen LogP contribution in [0.2, 0.25) is 0 Å². The molecule has 1 aromatic rings. The molecule has 2 unspecified atom stereocenters. The summed E-state index contributed by atoms with van der Waals surface area (Å²) in [5, 5.41) is 3.15. The van der Waals surface area contributed by atoms with Crippen molar-refractivity contribution in [3.8, 4) is 0 Å².